The molecule has 7 nitrogen and oxygen atoms in total. The number of nitrogens with zero attached hydrogens (tertiary/aromatic N) is 3. The van der Waals surface area contributed by atoms with Gasteiger partial charge in [0.15, 0.2) is 11.3 Å². The van der Waals surface area contributed by atoms with Crippen LogP contribution < -0.4 is 0 Å². The first-order valence-corrected chi connectivity index (χ1v) is 14.4. The Morgan fingerprint density at radius 3 is 2.29 bits per heavy atom. The van der Waals surface area contributed by atoms with Crippen LogP contribution in [0.15, 0.2) is 16.5 Å². The van der Waals surface area contributed by atoms with Crippen molar-refractivity contribution in [1.29, 1.82) is 0 Å². The van der Waals surface area contributed by atoms with Gasteiger partial charge in [-0.15, -0.1) is 0 Å². The molecule has 3 saturated carbocycles. The van der Waals surface area contributed by atoms with Crippen molar-refractivity contribution in [3.05, 3.63) is 29.2 Å². The summed E-state index contributed by atoms with van der Waals surface area (Å²) in [6, 6.07) is 4.06. The summed E-state index contributed by atoms with van der Waals surface area (Å²) < 4.78 is 6.29. The predicted molar refractivity (Wildman–Crippen MR) is 146 cm³/mol. The molecule has 7 heteroatoms. The molecule has 4 aliphatic rings. The van der Waals surface area contributed by atoms with Crippen LogP contribution in [0.5, 0.6) is 0 Å². The number of carbonyl (C=O) groups excluding carboxylic acids is 2. The highest BCUT2D eigenvalue weighted by Gasteiger charge is 2.49. The average molecular weight is 522 g/mol. The van der Waals surface area contributed by atoms with Gasteiger partial charge in [-0.1, -0.05) is 27.2 Å². The van der Waals surface area contributed by atoms with E-state index in [0.717, 1.165) is 16.8 Å². The zero-order valence-electron chi connectivity index (χ0n) is 23.9. The molecule has 206 valence electrons. The van der Waals surface area contributed by atoms with Gasteiger partial charge < -0.3 is 19.3 Å². The number of pyridine rings is 1. The molecule has 1 aliphatic heterocycles. The van der Waals surface area contributed by atoms with Gasteiger partial charge >= 0.3 is 0 Å². The topological polar surface area (TPSA) is 86.9 Å². The summed E-state index contributed by atoms with van der Waals surface area (Å²) in [4.78, 5) is 35.5. The average Bonchev–Trinajstić information content (AvgIpc) is 3.16. The minimum Gasteiger partial charge on any atom is -0.449 e. The molecule has 1 saturated heterocycles. The van der Waals surface area contributed by atoms with Crippen LogP contribution in [0, 0.1) is 11.3 Å². The molecule has 0 atom stereocenters. The number of hydrogen-bond acceptors (Lipinski definition) is 5. The molecule has 1 N–H and O–H groups in total. The van der Waals surface area contributed by atoms with Crippen LogP contribution in [0.1, 0.15) is 114 Å². The standard InChI is InChI=1S/C31H43N3O4/c1-28(2,3)21-12-22(19-16-31(17-19)8-7-9-31)32-23-13-24(38-25(21)23)27(36)34-11-10-33(18-29(34,4)5)26(35)20-14-30(6,37)15-20/h12-13,19-20,37H,7-11,14-18H2,1-6H3/t20-,30+. The van der Waals surface area contributed by atoms with Crippen molar-refractivity contribution in [3.8, 4) is 0 Å². The summed E-state index contributed by atoms with van der Waals surface area (Å²) in [5, 5.41) is 10.1. The number of carbonyl (C=O) groups is 2. The van der Waals surface area contributed by atoms with E-state index in [9.17, 15) is 14.7 Å². The first-order valence-electron chi connectivity index (χ1n) is 14.4. The Morgan fingerprint density at radius 2 is 1.74 bits per heavy atom. The van der Waals surface area contributed by atoms with Gasteiger partial charge in [-0.3, -0.25) is 9.59 Å². The SMILES string of the molecule is CC(C)(C)c1cc(C2CC3(CCC3)C2)nc2cc(C(=O)N3CCN(C(=O)[C@H]4C[C@@](C)(O)C4)CC3(C)C)oc12. The second kappa shape index (κ2) is 8.30. The highest BCUT2D eigenvalue weighted by Crippen LogP contribution is 2.61. The molecule has 0 radical (unpaired) electrons. The predicted octanol–water partition coefficient (Wildman–Crippen LogP) is 5.40. The molecule has 0 aromatic carbocycles. The van der Waals surface area contributed by atoms with Crippen LogP contribution in [0.3, 0.4) is 0 Å². The van der Waals surface area contributed by atoms with Crippen LogP contribution in [0.4, 0.5) is 0 Å². The number of aromatic nitrogens is 1. The molecule has 3 heterocycles. The molecule has 1 spiro atoms. The van der Waals surface area contributed by atoms with Gasteiger partial charge in [0.25, 0.3) is 5.91 Å². The first-order chi connectivity index (χ1) is 17.7. The number of furan rings is 1. The maximum Gasteiger partial charge on any atom is 0.290 e. The fourth-order valence-corrected chi connectivity index (χ4v) is 7.48. The smallest absolute Gasteiger partial charge is 0.290 e. The molecule has 3 aliphatic carbocycles. The molecule has 2 amide bonds. The number of hydrogen-bond donors (Lipinski definition) is 1. The monoisotopic (exact) mass is 521 g/mol. The van der Waals surface area contributed by atoms with Crippen LogP contribution in [0.2, 0.25) is 0 Å². The van der Waals surface area contributed by atoms with Gasteiger partial charge in [0.2, 0.25) is 5.91 Å². The van der Waals surface area contributed by atoms with Gasteiger partial charge in [-0.2, -0.15) is 0 Å². The number of piperazine rings is 1. The Kier molecular flexibility index (Phi) is 5.64. The van der Waals surface area contributed by atoms with Crippen molar-refractivity contribution in [2.24, 2.45) is 11.3 Å². The fourth-order valence-electron chi connectivity index (χ4n) is 7.48. The summed E-state index contributed by atoms with van der Waals surface area (Å²) in [6.45, 7) is 13.8. The van der Waals surface area contributed by atoms with E-state index in [1.165, 1.54) is 32.1 Å². The van der Waals surface area contributed by atoms with Gasteiger partial charge in [0, 0.05) is 48.8 Å². The van der Waals surface area contributed by atoms with E-state index in [-0.39, 0.29) is 23.1 Å². The van der Waals surface area contributed by atoms with Crippen molar-refractivity contribution < 1.29 is 19.1 Å². The van der Waals surface area contributed by atoms with E-state index in [0.29, 0.717) is 55.2 Å². The molecule has 38 heavy (non-hydrogen) atoms. The van der Waals surface area contributed by atoms with Crippen molar-refractivity contribution in [2.75, 3.05) is 19.6 Å². The second-order valence-electron chi connectivity index (χ2n) is 14.8. The second-order valence-corrected chi connectivity index (χ2v) is 14.8. The summed E-state index contributed by atoms with van der Waals surface area (Å²) in [5.41, 5.74) is 2.91. The number of fused-ring (bicyclic) bond motifs is 1. The highest BCUT2D eigenvalue weighted by atomic mass is 16.3. The van der Waals surface area contributed by atoms with E-state index >= 15 is 0 Å². The van der Waals surface area contributed by atoms with Crippen molar-refractivity contribution in [1.82, 2.24) is 14.8 Å². The first kappa shape index (κ1) is 25.8. The Morgan fingerprint density at radius 1 is 1.05 bits per heavy atom. The lowest BCUT2D eigenvalue weighted by atomic mass is 9.51. The lowest BCUT2D eigenvalue weighted by molar-refractivity contribution is -0.153. The lowest BCUT2D eigenvalue weighted by Crippen LogP contribution is -2.63. The van der Waals surface area contributed by atoms with E-state index < -0.39 is 11.1 Å². The molecular formula is C31H43N3O4. The minimum atomic E-state index is -0.730. The summed E-state index contributed by atoms with van der Waals surface area (Å²) in [7, 11) is 0. The van der Waals surface area contributed by atoms with E-state index in [2.05, 4.69) is 26.8 Å². The van der Waals surface area contributed by atoms with Crippen LogP contribution in [-0.4, -0.2) is 62.5 Å². The van der Waals surface area contributed by atoms with E-state index in [1.54, 1.807) is 6.92 Å². The van der Waals surface area contributed by atoms with Crippen LogP contribution in [-0.2, 0) is 10.2 Å². The maximum absolute atomic E-state index is 13.8. The highest BCUT2D eigenvalue weighted by molar-refractivity contribution is 5.96. The Balaban J connectivity index is 1.23. The van der Waals surface area contributed by atoms with Gasteiger partial charge in [0.05, 0.1) is 11.1 Å². The van der Waals surface area contributed by atoms with Crippen molar-refractivity contribution >= 4 is 22.9 Å². The normalized spacial score (nSPS) is 28.7. The van der Waals surface area contributed by atoms with Crippen molar-refractivity contribution in [2.45, 2.75) is 109 Å². The summed E-state index contributed by atoms with van der Waals surface area (Å²) >= 11 is 0. The Labute approximate surface area is 225 Å². The zero-order chi connectivity index (χ0) is 27.3. The molecule has 4 fully saturated rings. The largest absolute Gasteiger partial charge is 0.449 e. The molecule has 0 bridgehead atoms. The van der Waals surface area contributed by atoms with Gasteiger partial charge in [0.1, 0.15) is 5.52 Å². The number of rotatable bonds is 3. The molecule has 6 rings (SSSR count). The molecule has 2 aromatic rings. The third-order valence-corrected chi connectivity index (χ3v) is 9.89. The van der Waals surface area contributed by atoms with Gasteiger partial charge in [-0.05, 0) is 76.2 Å². The molecule has 0 unspecified atom stereocenters. The summed E-state index contributed by atoms with van der Waals surface area (Å²) in [5.74, 6) is 0.641. The zero-order valence-corrected chi connectivity index (χ0v) is 23.9. The summed E-state index contributed by atoms with van der Waals surface area (Å²) in [6.07, 6.45) is 7.56. The maximum atomic E-state index is 13.8. The fraction of sp³-hybridized carbons (Fsp3) is 0.710. The molecular weight excluding hydrogens is 478 g/mol. The van der Waals surface area contributed by atoms with Crippen molar-refractivity contribution in [3.63, 3.8) is 0 Å². The minimum absolute atomic E-state index is 0.0895. The van der Waals surface area contributed by atoms with Gasteiger partial charge in [-0.25, -0.2) is 4.98 Å². The lowest BCUT2D eigenvalue weighted by Gasteiger charge is -2.54. The number of aliphatic hydroxyl groups is 1. The Bertz CT molecular complexity index is 1280. The molecule has 2 aromatic heterocycles. The van der Waals surface area contributed by atoms with Crippen LogP contribution in [0.25, 0.3) is 11.1 Å². The van der Waals surface area contributed by atoms with E-state index in [4.69, 9.17) is 9.40 Å². The quantitative estimate of drug-likeness (QED) is 0.585. The third-order valence-electron chi connectivity index (χ3n) is 9.89. The number of amides is 2. The third kappa shape index (κ3) is 4.25. The van der Waals surface area contributed by atoms with Crippen LogP contribution >= 0.6 is 0 Å². The van der Waals surface area contributed by atoms with E-state index in [1.807, 2.05) is 29.7 Å². The Hall–Kier alpha value is -2.41.